The molecular weight excluding hydrogens is 344 g/mol. The number of piperidine rings is 1. The first kappa shape index (κ1) is 17.1. The minimum atomic E-state index is -3.48. The molecule has 1 fully saturated rings. The van der Waals surface area contributed by atoms with Crippen LogP contribution in [0.4, 0.5) is 0 Å². The van der Waals surface area contributed by atoms with Crippen LogP contribution < -0.4 is 0 Å². The average Bonchev–Trinajstić information content (AvgIpc) is 2.97. The van der Waals surface area contributed by atoms with Crippen molar-refractivity contribution in [3.8, 4) is 0 Å². The Hall–Kier alpha value is -1.77. The number of nitrogens with one attached hydrogen (secondary N) is 1. The summed E-state index contributed by atoms with van der Waals surface area (Å²) in [6.07, 6.45) is 3.44. The molecule has 1 saturated heterocycles. The van der Waals surface area contributed by atoms with E-state index >= 15 is 0 Å². The third kappa shape index (κ3) is 3.22. The first-order valence-electron chi connectivity index (χ1n) is 7.85. The van der Waals surface area contributed by atoms with Gasteiger partial charge in [0, 0.05) is 25.6 Å². The molecule has 2 heterocycles. The van der Waals surface area contributed by atoms with Crippen LogP contribution in [-0.4, -0.2) is 40.6 Å². The second-order valence-electron chi connectivity index (χ2n) is 5.80. The fourth-order valence-electron chi connectivity index (χ4n) is 3.06. The summed E-state index contributed by atoms with van der Waals surface area (Å²) < 4.78 is 29.6. The van der Waals surface area contributed by atoms with Crippen molar-refractivity contribution in [3.05, 3.63) is 53.6 Å². The highest BCUT2D eigenvalue weighted by molar-refractivity contribution is 7.89. The summed E-state index contributed by atoms with van der Waals surface area (Å²) in [6, 6.07) is 8.55. The van der Waals surface area contributed by atoms with Crippen LogP contribution in [0.15, 0.2) is 47.9 Å². The maximum absolute atomic E-state index is 12.8. The van der Waals surface area contributed by atoms with Gasteiger partial charge in [0.25, 0.3) is 0 Å². The number of allylic oxidation sites excluding steroid dienone is 1. The van der Waals surface area contributed by atoms with Crippen molar-refractivity contribution in [3.63, 3.8) is 0 Å². The van der Waals surface area contributed by atoms with Gasteiger partial charge in [-0.2, -0.15) is 9.40 Å². The third-order valence-electron chi connectivity index (χ3n) is 4.23. The molecule has 0 spiro atoms. The lowest BCUT2D eigenvalue weighted by molar-refractivity contribution is 0.305. The molecule has 1 aromatic carbocycles. The molecule has 0 unspecified atom stereocenters. The predicted octanol–water partition coefficient (Wildman–Crippen LogP) is 2.69. The van der Waals surface area contributed by atoms with Gasteiger partial charge in [-0.05, 0) is 37.2 Å². The normalized spacial score (nSPS) is 19.2. The van der Waals surface area contributed by atoms with Gasteiger partial charge in [0.15, 0.2) is 4.77 Å². The molecule has 1 aliphatic heterocycles. The van der Waals surface area contributed by atoms with Crippen molar-refractivity contribution in [2.75, 3.05) is 13.1 Å². The van der Waals surface area contributed by atoms with Gasteiger partial charge >= 0.3 is 0 Å². The fraction of sp³-hybridized carbons (Fsp3) is 0.375. The zero-order valence-corrected chi connectivity index (χ0v) is 14.9. The zero-order valence-electron chi connectivity index (χ0n) is 13.3. The molecule has 0 saturated carbocycles. The first-order valence-corrected chi connectivity index (χ1v) is 9.70. The summed E-state index contributed by atoms with van der Waals surface area (Å²) in [7, 11) is -3.48. The number of hydrogen-bond donors (Lipinski definition) is 1. The van der Waals surface area contributed by atoms with Gasteiger partial charge in [-0.25, -0.2) is 8.42 Å². The molecule has 3 rings (SSSR count). The summed E-state index contributed by atoms with van der Waals surface area (Å²) in [5, 5.41) is 7.13. The standard InChI is InChI=1S/C16H20N4O2S2/c1-2-10-20-15(17-18-16(20)23)13-7-6-11-19(12-13)24(21,22)14-8-4-3-5-9-14/h2-5,8-9,13H,1,6-7,10-12H2,(H,18,23)/t13-/m0/s1. The second-order valence-corrected chi connectivity index (χ2v) is 8.13. The van der Waals surface area contributed by atoms with E-state index in [2.05, 4.69) is 16.8 Å². The third-order valence-corrected chi connectivity index (χ3v) is 6.42. The lowest BCUT2D eigenvalue weighted by Crippen LogP contribution is -2.39. The van der Waals surface area contributed by atoms with Crippen LogP contribution in [0.3, 0.4) is 0 Å². The topological polar surface area (TPSA) is 71.0 Å². The highest BCUT2D eigenvalue weighted by Crippen LogP contribution is 2.29. The van der Waals surface area contributed by atoms with Gasteiger partial charge in [-0.15, -0.1) is 6.58 Å². The molecule has 0 bridgehead atoms. The van der Waals surface area contributed by atoms with Gasteiger partial charge in [0.1, 0.15) is 5.82 Å². The van der Waals surface area contributed by atoms with Crippen molar-refractivity contribution in [1.29, 1.82) is 0 Å². The predicted molar refractivity (Wildman–Crippen MR) is 94.8 cm³/mol. The molecule has 0 amide bonds. The number of nitrogens with zero attached hydrogens (tertiary/aromatic N) is 3. The van der Waals surface area contributed by atoms with Crippen molar-refractivity contribution in [2.24, 2.45) is 0 Å². The molecule has 24 heavy (non-hydrogen) atoms. The summed E-state index contributed by atoms with van der Waals surface area (Å²) in [4.78, 5) is 0.329. The summed E-state index contributed by atoms with van der Waals surface area (Å²) in [5.41, 5.74) is 0. The van der Waals surface area contributed by atoms with Gasteiger partial charge in [0.2, 0.25) is 10.0 Å². The van der Waals surface area contributed by atoms with Crippen molar-refractivity contribution >= 4 is 22.2 Å². The van der Waals surface area contributed by atoms with Crippen LogP contribution in [0.5, 0.6) is 0 Å². The molecule has 128 valence electrons. The summed E-state index contributed by atoms with van der Waals surface area (Å²) in [6.45, 7) is 5.24. The Morgan fingerprint density at radius 3 is 2.83 bits per heavy atom. The van der Waals surface area contributed by atoms with Crippen LogP contribution in [-0.2, 0) is 16.6 Å². The van der Waals surface area contributed by atoms with Crippen molar-refractivity contribution < 1.29 is 8.42 Å². The quantitative estimate of drug-likeness (QED) is 0.654. The maximum Gasteiger partial charge on any atom is 0.243 e. The van der Waals surface area contributed by atoms with E-state index in [0.29, 0.717) is 29.3 Å². The maximum atomic E-state index is 12.8. The van der Waals surface area contributed by atoms with E-state index < -0.39 is 10.0 Å². The highest BCUT2D eigenvalue weighted by Gasteiger charge is 2.32. The van der Waals surface area contributed by atoms with E-state index in [1.165, 1.54) is 0 Å². The molecule has 6 nitrogen and oxygen atoms in total. The lowest BCUT2D eigenvalue weighted by atomic mass is 9.99. The Labute approximate surface area is 146 Å². The van der Waals surface area contributed by atoms with E-state index in [1.54, 1.807) is 34.6 Å². The SMILES string of the molecule is C=CCn1c([C@H]2CCCN(S(=O)(=O)c3ccccc3)C2)n[nH]c1=S. The van der Waals surface area contributed by atoms with Crippen LogP contribution in [0.2, 0.25) is 0 Å². The molecule has 8 heteroatoms. The molecule has 1 aromatic heterocycles. The van der Waals surface area contributed by atoms with Crippen molar-refractivity contribution in [2.45, 2.75) is 30.2 Å². The number of rotatable bonds is 5. The second kappa shape index (κ2) is 7.00. The summed E-state index contributed by atoms with van der Waals surface area (Å²) in [5.74, 6) is 0.818. The molecule has 2 aromatic rings. The lowest BCUT2D eigenvalue weighted by Gasteiger charge is -2.31. The Kier molecular flexibility index (Phi) is 4.98. The van der Waals surface area contributed by atoms with Crippen LogP contribution in [0, 0.1) is 4.77 Å². The Bertz CT molecular complexity index is 871. The number of H-pyrrole nitrogens is 1. The van der Waals surface area contributed by atoms with E-state index in [9.17, 15) is 8.42 Å². The average molecular weight is 364 g/mol. The largest absolute Gasteiger partial charge is 0.300 e. The van der Waals surface area contributed by atoms with Gasteiger partial charge in [-0.3, -0.25) is 5.10 Å². The van der Waals surface area contributed by atoms with E-state index in [-0.39, 0.29) is 5.92 Å². The molecule has 1 atom stereocenters. The fourth-order valence-corrected chi connectivity index (χ4v) is 4.82. The van der Waals surface area contributed by atoms with Gasteiger partial charge in [-0.1, -0.05) is 24.3 Å². The first-order chi connectivity index (χ1) is 11.5. The van der Waals surface area contributed by atoms with Crippen LogP contribution >= 0.6 is 12.2 Å². The number of aromatic amines is 1. The summed E-state index contributed by atoms with van der Waals surface area (Å²) >= 11 is 5.25. The number of benzene rings is 1. The molecule has 0 aliphatic carbocycles. The molecule has 0 radical (unpaired) electrons. The molecule has 1 aliphatic rings. The Morgan fingerprint density at radius 1 is 1.38 bits per heavy atom. The van der Waals surface area contributed by atoms with Crippen molar-refractivity contribution in [1.82, 2.24) is 19.1 Å². The monoisotopic (exact) mass is 364 g/mol. The highest BCUT2D eigenvalue weighted by atomic mass is 32.2. The molecular formula is C16H20N4O2S2. The number of aromatic nitrogens is 3. The minimum absolute atomic E-state index is 0.0186. The van der Waals surface area contributed by atoms with E-state index in [4.69, 9.17) is 12.2 Å². The van der Waals surface area contributed by atoms with Crippen LogP contribution in [0.1, 0.15) is 24.6 Å². The minimum Gasteiger partial charge on any atom is -0.300 e. The molecule has 1 N–H and O–H groups in total. The van der Waals surface area contributed by atoms with Gasteiger partial charge in [0.05, 0.1) is 4.90 Å². The van der Waals surface area contributed by atoms with E-state index in [1.807, 2.05) is 10.6 Å². The van der Waals surface area contributed by atoms with E-state index in [0.717, 1.165) is 18.7 Å². The Balaban J connectivity index is 1.88. The van der Waals surface area contributed by atoms with Gasteiger partial charge < -0.3 is 4.57 Å². The van der Waals surface area contributed by atoms with Crippen LogP contribution in [0.25, 0.3) is 0 Å². The zero-order chi connectivity index (χ0) is 17.2. The number of sulfonamides is 1. The Morgan fingerprint density at radius 2 is 2.12 bits per heavy atom. The number of hydrogen-bond acceptors (Lipinski definition) is 4. The smallest absolute Gasteiger partial charge is 0.243 e.